The van der Waals surface area contributed by atoms with Gasteiger partial charge in [0.15, 0.2) is 0 Å². The molecule has 4 atom stereocenters. The van der Waals surface area contributed by atoms with Gasteiger partial charge in [0.2, 0.25) is 0 Å². The monoisotopic (exact) mass is 697 g/mol. The van der Waals surface area contributed by atoms with Crippen LogP contribution in [0.3, 0.4) is 0 Å². The molecule has 10 rings (SSSR count). The molecule has 2 aliphatic carbocycles. The molecule has 0 aliphatic heterocycles. The molecule has 0 amide bonds. The van der Waals surface area contributed by atoms with Gasteiger partial charge in [0.05, 0.1) is 17.1 Å². The molecule has 3 nitrogen and oxygen atoms in total. The van der Waals surface area contributed by atoms with Crippen LogP contribution >= 0.6 is 0 Å². The summed E-state index contributed by atoms with van der Waals surface area (Å²) in [5.74, 6) is 1.61. The van der Waals surface area contributed by atoms with Crippen molar-refractivity contribution >= 4 is 27.6 Å². The molecule has 8 aromatic rings. The normalized spacial score (nSPS) is 18.6. The van der Waals surface area contributed by atoms with Crippen LogP contribution in [0.5, 0.6) is 0 Å². The molecule has 0 radical (unpaired) electrons. The van der Waals surface area contributed by atoms with Gasteiger partial charge in [-0.1, -0.05) is 166 Å². The zero-order valence-electron chi connectivity index (χ0n) is 30.9. The molecule has 1 saturated carbocycles. The summed E-state index contributed by atoms with van der Waals surface area (Å²) >= 11 is 0. The minimum atomic E-state index is -0.0952. The highest BCUT2D eigenvalue weighted by molar-refractivity contribution is 6.16. The van der Waals surface area contributed by atoms with Crippen LogP contribution in [0, 0.1) is 17.2 Å². The predicted octanol–water partition coefficient (Wildman–Crippen LogP) is 12.5. The summed E-state index contributed by atoms with van der Waals surface area (Å²) < 4.78 is 2.54. The van der Waals surface area contributed by atoms with Crippen molar-refractivity contribution in [3.05, 3.63) is 198 Å². The summed E-state index contributed by atoms with van der Waals surface area (Å²) in [7, 11) is 0. The van der Waals surface area contributed by atoms with Crippen LogP contribution in [-0.4, -0.2) is 10.4 Å². The van der Waals surface area contributed by atoms with E-state index in [0.717, 1.165) is 5.56 Å². The number of hydrogen-bond acceptors (Lipinski definition) is 1. The van der Waals surface area contributed by atoms with E-state index in [4.69, 9.17) is 5.41 Å². The van der Waals surface area contributed by atoms with E-state index >= 15 is 0 Å². The van der Waals surface area contributed by atoms with E-state index in [2.05, 4.69) is 170 Å². The molecule has 54 heavy (non-hydrogen) atoms. The number of nitrogens with zero attached hydrogens (tertiary/aromatic N) is 1. The van der Waals surface area contributed by atoms with E-state index in [0.29, 0.717) is 23.6 Å². The quantitative estimate of drug-likeness (QED) is 0.126. The van der Waals surface area contributed by atoms with E-state index in [-0.39, 0.29) is 11.5 Å². The Labute approximate surface area is 317 Å². The Morgan fingerprint density at radius 1 is 0.648 bits per heavy atom. The maximum Gasteiger partial charge on any atom is 0.125 e. The SMILES string of the molecule is CC1C(c2cccc(-n3c4ccc(-c5ccccc5)cc4c4ccc5c(c43)-c3ccccc3C5(C)C)c2)[C@H]1C(NC(=N)c1ccccc1)c1ccccc1. The summed E-state index contributed by atoms with van der Waals surface area (Å²) in [4.78, 5) is 0. The van der Waals surface area contributed by atoms with Gasteiger partial charge in [0, 0.05) is 33.0 Å². The Morgan fingerprint density at radius 2 is 1.35 bits per heavy atom. The van der Waals surface area contributed by atoms with E-state index in [1.54, 1.807) is 0 Å². The second-order valence-electron chi connectivity index (χ2n) is 15.8. The fourth-order valence-electron chi connectivity index (χ4n) is 9.68. The predicted molar refractivity (Wildman–Crippen MR) is 225 cm³/mol. The third-order valence-electron chi connectivity index (χ3n) is 12.4. The molecule has 7 aromatic carbocycles. The van der Waals surface area contributed by atoms with Crippen molar-refractivity contribution < 1.29 is 0 Å². The molecule has 2 aliphatic rings. The molecule has 0 bridgehead atoms. The van der Waals surface area contributed by atoms with Gasteiger partial charge in [-0.25, -0.2) is 0 Å². The lowest BCUT2D eigenvalue weighted by atomic mass is 9.82. The van der Waals surface area contributed by atoms with Crippen LogP contribution in [0.2, 0.25) is 0 Å². The minimum absolute atomic E-state index is 0.0224. The second-order valence-corrected chi connectivity index (χ2v) is 15.8. The van der Waals surface area contributed by atoms with Crippen molar-refractivity contribution in [3.63, 3.8) is 0 Å². The van der Waals surface area contributed by atoms with E-state index in [9.17, 15) is 0 Å². The second kappa shape index (κ2) is 12.5. The van der Waals surface area contributed by atoms with Gasteiger partial charge in [-0.2, -0.15) is 0 Å². The molecule has 1 aromatic heterocycles. The molecule has 262 valence electrons. The first-order valence-electron chi connectivity index (χ1n) is 19.2. The number of aromatic nitrogens is 1. The van der Waals surface area contributed by atoms with Crippen molar-refractivity contribution in [1.29, 1.82) is 5.41 Å². The Balaban J connectivity index is 1.13. The molecule has 0 spiro atoms. The fraction of sp³-hybridized carbons (Fsp3) is 0.157. The summed E-state index contributed by atoms with van der Waals surface area (Å²) in [5, 5.41) is 15.3. The minimum Gasteiger partial charge on any atom is -0.363 e. The van der Waals surface area contributed by atoms with E-state index in [1.807, 2.05) is 30.3 Å². The highest BCUT2D eigenvalue weighted by atomic mass is 15.0. The van der Waals surface area contributed by atoms with Gasteiger partial charge in [-0.3, -0.25) is 5.41 Å². The molecule has 0 saturated heterocycles. The third kappa shape index (κ3) is 5.06. The lowest BCUT2D eigenvalue weighted by Gasteiger charge is -2.22. The van der Waals surface area contributed by atoms with Crippen molar-refractivity contribution in [2.24, 2.45) is 11.8 Å². The highest BCUT2D eigenvalue weighted by Gasteiger charge is 2.52. The summed E-state index contributed by atoms with van der Waals surface area (Å²) in [6, 6.07) is 61.6. The van der Waals surface area contributed by atoms with Gasteiger partial charge in [0.1, 0.15) is 5.84 Å². The van der Waals surface area contributed by atoms with E-state index < -0.39 is 0 Å². The Kier molecular flexibility index (Phi) is 7.49. The topological polar surface area (TPSA) is 40.8 Å². The molecule has 3 unspecified atom stereocenters. The van der Waals surface area contributed by atoms with Crippen molar-refractivity contribution in [2.75, 3.05) is 0 Å². The maximum atomic E-state index is 9.05. The summed E-state index contributed by atoms with van der Waals surface area (Å²) in [5.41, 5.74) is 15.0. The number of nitrogens with one attached hydrogen (secondary N) is 2. The molecule has 1 heterocycles. The highest BCUT2D eigenvalue weighted by Crippen LogP contribution is 2.60. The van der Waals surface area contributed by atoms with Gasteiger partial charge in [-0.05, 0) is 81.0 Å². The summed E-state index contributed by atoms with van der Waals surface area (Å²) in [6.07, 6.45) is 0. The molecular formula is C51H43N3. The smallest absolute Gasteiger partial charge is 0.125 e. The number of amidine groups is 1. The van der Waals surface area contributed by atoms with Crippen LogP contribution in [-0.2, 0) is 5.41 Å². The maximum absolute atomic E-state index is 9.05. The van der Waals surface area contributed by atoms with E-state index in [1.165, 1.54) is 72.0 Å². The average molecular weight is 698 g/mol. The third-order valence-corrected chi connectivity index (χ3v) is 12.4. The standard InChI is InChI=1S/C51H43N3/c1-32-45(46(32)48(34-18-9-5-10-19-34)53-50(52)35-20-11-6-12-21-35)37-22-15-23-38(30-37)54-44-29-26-36(33-16-7-4-8-17-33)31-41(44)39-27-28-43-47(49(39)54)40-24-13-14-25-42(40)51(43,2)3/h4-32,45-46,48H,1-3H3,(H2,52,53)/t32?,45?,46-,48?/m0/s1. The number of hydrogen-bond donors (Lipinski definition) is 2. The Hall–Kier alpha value is -6.19. The lowest BCUT2D eigenvalue weighted by molar-refractivity contribution is 0.533. The molecule has 3 heteroatoms. The van der Waals surface area contributed by atoms with Crippen LogP contribution in [0.25, 0.3) is 49.7 Å². The number of rotatable bonds is 7. The van der Waals surface area contributed by atoms with Gasteiger partial charge >= 0.3 is 0 Å². The first-order valence-corrected chi connectivity index (χ1v) is 19.2. The zero-order valence-corrected chi connectivity index (χ0v) is 30.9. The molecule has 1 fully saturated rings. The zero-order chi connectivity index (χ0) is 36.6. The Bertz CT molecular complexity index is 2710. The van der Waals surface area contributed by atoms with Crippen molar-refractivity contribution in [2.45, 2.75) is 38.1 Å². The molecule has 2 N–H and O–H groups in total. The van der Waals surface area contributed by atoms with Crippen LogP contribution in [0.1, 0.15) is 60.5 Å². The first kappa shape index (κ1) is 32.5. The van der Waals surface area contributed by atoms with Crippen LogP contribution in [0.4, 0.5) is 0 Å². The molecular weight excluding hydrogens is 655 g/mol. The summed E-state index contributed by atoms with van der Waals surface area (Å²) in [6.45, 7) is 7.12. The van der Waals surface area contributed by atoms with Gasteiger partial charge < -0.3 is 9.88 Å². The van der Waals surface area contributed by atoms with Crippen LogP contribution < -0.4 is 5.32 Å². The van der Waals surface area contributed by atoms with Gasteiger partial charge in [0.25, 0.3) is 0 Å². The lowest BCUT2D eigenvalue weighted by Crippen LogP contribution is -2.30. The average Bonchev–Trinajstić information content (AvgIpc) is 3.68. The van der Waals surface area contributed by atoms with Crippen LogP contribution in [0.15, 0.2) is 170 Å². The first-order chi connectivity index (χ1) is 26.4. The number of fused-ring (bicyclic) bond motifs is 7. The largest absolute Gasteiger partial charge is 0.363 e. The Morgan fingerprint density at radius 3 is 2.13 bits per heavy atom. The van der Waals surface area contributed by atoms with Crippen molar-refractivity contribution in [1.82, 2.24) is 9.88 Å². The van der Waals surface area contributed by atoms with Crippen molar-refractivity contribution in [3.8, 4) is 27.9 Å². The number of benzene rings is 7. The van der Waals surface area contributed by atoms with Gasteiger partial charge in [-0.15, -0.1) is 0 Å². The fourth-order valence-corrected chi connectivity index (χ4v) is 9.68.